The molecule has 0 bridgehead atoms. The SMILES string of the molecule is CCNC(=NCc1ccc(CS(=O)(=O)NC)cc1)NC(C)CCC(C)C.I. The first-order chi connectivity index (χ1) is 12.3. The number of sulfonamides is 1. The van der Waals surface area contributed by atoms with Crippen LogP contribution in [0.15, 0.2) is 29.3 Å². The second-order valence-electron chi connectivity index (χ2n) is 6.99. The number of hydrogen-bond acceptors (Lipinski definition) is 3. The Morgan fingerprint density at radius 1 is 1.07 bits per heavy atom. The van der Waals surface area contributed by atoms with E-state index >= 15 is 0 Å². The van der Waals surface area contributed by atoms with E-state index < -0.39 is 10.0 Å². The minimum atomic E-state index is -3.24. The van der Waals surface area contributed by atoms with Crippen LogP contribution in [0, 0.1) is 5.92 Å². The highest BCUT2D eigenvalue weighted by molar-refractivity contribution is 14.0. The Labute approximate surface area is 182 Å². The minimum absolute atomic E-state index is 0. The molecule has 0 saturated carbocycles. The lowest BCUT2D eigenvalue weighted by Gasteiger charge is -2.18. The maximum absolute atomic E-state index is 11.6. The van der Waals surface area contributed by atoms with Gasteiger partial charge in [-0.3, -0.25) is 0 Å². The van der Waals surface area contributed by atoms with Crippen molar-refractivity contribution in [2.75, 3.05) is 13.6 Å². The van der Waals surface area contributed by atoms with Gasteiger partial charge in [0.2, 0.25) is 10.0 Å². The van der Waals surface area contributed by atoms with Crippen molar-refractivity contribution in [2.45, 2.75) is 58.9 Å². The Kier molecular flexibility index (Phi) is 12.9. The first-order valence-electron chi connectivity index (χ1n) is 9.29. The Bertz CT molecular complexity index is 661. The number of aliphatic imine (C=N–C) groups is 1. The number of rotatable bonds is 10. The summed E-state index contributed by atoms with van der Waals surface area (Å²) < 4.78 is 25.5. The lowest BCUT2D eigenvalue weighted by atomic mass is 10.0. The van der Waals surface area contributed by atoms with Crippen molar-refractivity contribution >= 4 is 40.0 Å². The molecule has 8 heteroatoms. The molecule has 0 fully saturated rings. The van der Waals surface area contributed by atoms with E-state index in [9.17, 15) is 8.42 Å². The molecular weight excluding hydrogens is 475 g/mol. The van der Waals surface area contributed by atoms with E-state index in [-0.39, 0.29) is 29.7 Å². The number of nitrogens with one attached hydrogen (secondary N) is 3. The largest absolute Gasteiger partial charge is 0.357 e. The zero-order chi connectivity index (χ0) is 19.6. The Morgan fingerprint density at radius 3 is 2.19 bits per heavy atom. The average Bonchev–Trinajstić information content (AvgIpc) is 2.59. The molecule has 1 aromatic rings. The predicted molar refractivity (Wildman–Crippen MR) is 125 cm³/mol. The maximum Gasteiger partial charge on any atom is 0.215 e. The summed E-state index contributed by atoms with van der Waals surface area (Å²) in [4.78, 5) is 4.64. The molecule has 0 aliphatic rings. The lowest BCUT2D eigenvalue weighted by molar-refractivity contribution is 0.489. The highest BCUT2D eigenvalue weighted by atomic mass is 127. The summed E-state index contributed by atoms with van der Waals surface area (Å²) in [7, 11) is -1.81. The summed E-state index contributed by atoms with van der Waals surface area (Å²) >= 11 is 0. The number of benzene rings is 1. The summed E-state index contributed by atoms with van der Waals surface area (Å²) in [6.45, 7) is 10.0. The van der Waals surface area contributed by atoms with Gasteiger partial charge in [-0.15, -0.1) is 24.0 Å². The third-order valence-corrected chi connectivity index (χ3v) is 5.35. The van der Waals surface area contributed by atoms with Gasteiger partial charge in [0.1, 0.15) is 0 Å². The van der Waals surface area contributed by atoms with E-state index in [4.69, 9.17) is 0 Å². The van der Waals surface area contributed by atoms with E-state index in [0.29, 0.717) is 18.5 Å². The van der Waals surface area contributed by atoms with E-state index in [1.165, 1.54) is 13.5 Å². The van der Waals surface area contributed by atoms with Gasteiger partial charge in [0.05, 0.1) is 12.3 Å². The van der Waals surface area contributed by atoms with E-state index in [1.807, 2.05) is 31.2 Å². The fraction of sp³-hybridized carbons (Fsp3) is 0.632. The second-order valence-corrected chi connectivity index (χ2v) is 8.92. The van der Waals surface area contributed by atoms with Crippen LogP contribution < -0.4 is 15.4 Å². The van der Waals surface area contributed by atoms with Gasteiger partial charge in [-0.1, -0.05) is 38.1 Å². The first-order valence-corrected chi connectivity index (χ1v) is 10.9. The van der Waals surface area contributed by atoms with E-state index in [2.05, 4.69) is 41.1 Å². The number of nitrogens with zero attached hydrogens (tertiary/aromatic N) is 1. The van der Waals surface area contributed by atoms with Crippen LogP contribution in [-0.2, 0) is 22.3 Å². The fourth-order valence-electron chi connectivity index (χ4n) is 2.41. The summed E-state index contributed by atoms with van der Waals surface area (Å²) in [5, 5.41) is 6.72. The Hall–Kier alpha value is -0.870. The molecule has 27 heavy (non-hydrogen) atoms. The van der Waals surface area contributed by atoms with Crippen molar-refractivity contribution in [3.63, 3.8) is 0 Å². The molecule has 0 spiro atoms. The molecule has 1 atom stereocenters. The van der Waals surface area contributed by atoms with Crippen LogP contribution in [0.1, 0.15) is 51.7 Å². The molecule has 0 aromatic heterocycles. The smallest absolute Gasteiger partial charge is 0.215 e. The number of hydrogen-bond donors (Lipinski definition) is 3. The molecule has 0 radical (unpaired) electrons. The highest BCUT2D eigenvalue weighted by Gasteiger charge is 2.09. The monoisotopic (exact) mass is 510 g/mol. The van der Waals surface area contributed by atoms with Crippen LogP contribution in [0.25, 0.3) is 0 Å². The van der Waals surface area contributed by atoms with Crippen LogP contribution in [0.5, 0.6) is 0 Å². The average molecular weight is 510 g/mol. The van der Waals surface area contributed by atoms with Crippen LogP contribution in [-0.4, -0.2) is 34.0 Å². The summed E-state index contributed by atoms with van der Waals surface area (Å²) in [5.74, 6) is 1.50. The van der Waals surface area contributed by atoms with Crippen molar-refractivity contribution < 1.29 is 8.42 Å². The maximum atomic E-state index is 11.6. The topological polar surface area (TPSA) is 82.6 Å². The molecule has 0 aliphatic carbocycles. The molecule has 156 valence electrons. The molecule has 1 rings (SSSR count). The van der Waals surface area contributed by atoms with Crippen LogP contribution in [0.4, 0.5) is 0 Å². The molecule has 0 amide bonds. The third kappa shape index (κ3) is 11.5. The molecular formula is C19H35IN4O2S. The Balaban J connectivity index is 0.00000676. The molecule has 3 N–H and O–H groups in total. The van der Waals surface area contributed by atoms with Gasteiger partial charge in [0, 0.05) is 12.6 Å². The summed E-state index contributed by atoms with van der Waals surface area (Å²) in [6, 6.07) is 7.90. The van der Waals surface area contributed by atoms with E-state index in [0.717, 1.165) is 30.1 Å². The molecule has 0 aliphatic heterocycles. The second kappa shape index (κ2) is 13.3. The Morgan fingerprint density at radius 2 is 1.67 bits per heavy atom. The molecule has 1 unspecified atom stereocenters. The molecule has 1 aromatic carbocycles. The van der Waals surface area contributed by atoms with E-state index in [1.54, 1.807) is 0 Å². The lowest BCUT2D eigenvalue weighted by Crippen LogP contribution is -2.42. The third-order valence-electron chi connectivity index (χ3n) is 4.01. The number of halogens is 1. The first kappa shape index (κ1) is 26.1. The molecule has 0 saturated heterocycles. The van der Waals surface area contributed by atoms with Gasteiger partial charge in [0.25, 0.3) is 0 Å². The van der Waals surface area contributed by atoms with Crippen molar-refractivity contribution in [3.8, 4) is 0 Å². The van der Waals surface area contributed by atoms with Crippen LogP contribution >= 0.6 is 24.0 Å². The zero-order valence-electron chi connectivity index (χ0n) is 17.1. The van der Waals surface area contributed by atoms with Crippen molar-refractivity contribution in [3.05, 3.63) is 35.4 Å². The quantitative estimate of drug-likeness (QED) is 0.257. The van der Waals surface area contributed by atoms with Gasteiger partial charge in [-0.2, -0.15) is 0 Å². The molecule has 0 heterocycles. The van der Waals surface area contributed by atoms with Gasteiger partial charge in [-0.25, -0.2) is 18.1 Å². The van der Waals surface area contributed by atoms with Crippen molar-refractivity contribution in [2.24, 2.45) is 10.9 Å². The zero-order valence-corrected chi connectivity index (χ0v) is 20.2. The van der Waals surface area contributed by atoms with Crippen LogP contribution in [0.2, 0.25) is 0 Å². The predicted octanol–water partition coefficient (Wildman–Crippen LogP) is 3.23. The fourth-order valence-corrected chi connectivity index (χ4v) is 3.19. The normalized spacial score (nSPS) is 13.2. The highest BCUT2D eigenvalue weighted by Crippen LogP contribution is 2.09. The van der Waals surface area contributed by atoms with Gasteiger partial charge < -0.3 is 10.6 Å². The standard InChI is InChI=1S/C19H34N4O2S.HI/c1-6-21-19(23-16(4)8-7-15(2)3)22-13-17-9-11-18(12-10-17)14-26(24,25)20-5;/h9-12,15-16,20H,6-8,13-14H2,1-5H3,(H2,21,22,23);1H. The van der Waals surface area contributed by atoms with Crippen molar-refractivity contribution in [1.29, 1.82) is 0 Å². The number of guanidine groups is 1. The van der Waals surface area contributed by atoms with Gasteiger partial charge in [-0.05, 0) is 50.8 Å². The minimum Gasteiger partial charge on any atom is -0.357 e. The summed E-state index contributed by atoms with van der Waals surface area (Å²) in [5.41, 5.74) is 1.81. The van der Waals surface area contributed by atoms with Crippen molar-refractivity contribution in [1.82, 2.24) is 15.4 Å². The summed E-state index contributed by atoms with van der Waals surface area (Å²) in [6.07, 6.45) is 2.29. The van der Waals surface area contributed by atoms with Gasteiger partial charge >= 0.3 is 0 Å². The molecule has 6 nitrogen and oxygen atoms in total. The van der Waals surface area contributed by atoms with Crippen LogP contribution in [0.3, 0.4) is 0 Å². The van der Waals surface area contributed by atoms with Gasteiger partial charge in [0.15, 0.2) is 5.96 Å².